The van der Waals surface area contributed by atoms with E-state index in [4.69, 9.17) is 9.92 Å². The van der Waals surface area contributed by atoms with E-state index in [1.54, 1.807) is 24.3 Å². The molecular weight excluding hydrogens is 226 g/mol. The molecule has 1 atom stereocenters. The second-order valence-corrected chi connectivity index (χ2v) is 5.11. The first-order valence-electron chi connectivity index (χ1n) is 5.04. The van der Waals surface area contributed by atoms with Gasteiger partial charge in [0.25, 0.3) is 10.1 Å². The average molecular weight is 239 g/mol. The molecule has 1 aliphatic heterocycles. The van der Waals surface area contributed by atoms with Gasteiger partial charge in [-0.25, -0.2) is 0 Å². The molecule has 2 N–H and O–H groups in total. The molecule has 1 heterocycles. The Balaban J connectivity index is 2.58. The Kier molecular flexibility index (Phi) is 2.73. The molecule has 5 heteroatoms. The van der Waals surface area contributed by atoms with Gasteiger partial charge >= 0.3 is 0 Å². The van der Waals surface area contributed by atoms with Gasteiger partial charge in [0.05, 0.1) is 5.70 Å². The van der Waals surface area contributed by atoms with Crippen molar-refractivity contribution in [1.29, 1.82) is 0 Å². The molecule has 0 spiro atoms. The fourth-order valence-corrected chi connectivity index (χ4v) is 3.22. The smallest absolute Gasteiger partial charge is 0.300 e. The van der Waals surface area contributed by atoms with Gasteiger partial charge in [-0.05, 0) is 12.0 Å². The van der Waals surface area contributed by atoms with E-state index >= 15 is 0 Å². The van der Waals surface area contributed by atoms with E-state index in [0.717, 1.165) is 0 Å². The molecule has 1 aromatic carbocycles. The van der Waals surface area contributed by atoms with Gasteiger partial charge < -0.3 is 5.73 Å². The Morgan fingerprint density at radius 2 is 1.94 bits per heavy atom. The van der Waals surface area contributed by atoms with Crippen LogP contribution in [0.4, 0.5) is 0 Å². The van der Waals surface area contributed by atoms with Gasteiger partial charge in [0.2, 0.25) is 0 Å². The van der Waals surface area contributed by atoms with Crippen LogP contribution in [0.1, 0.15) is 18.9 Å². The van der Waals surface area contributed by atoms with Crippen LogP contribution in [0.2, 0.25) is 0 Å². The minimum atomic E-state index is -3.70. The number of benzene rings is 1. The molecule has 16 heavy (non-hydrogen) atoms. The molecule has 0 saturated heterocycles. The van der Waals surface area contributed by atoms with Crippen LogP contribution in [-0.4, -0.2) is 14.5 Å². The van der Waals surface area contributed by atoms with Crippen molar-refractivity contribution in [3.63, 3.8) is 0 Å². The standard InChI is InChI=1S/C11H13NO3S/c1-2-9-10(12)11(16(13,14)15-9)8-6-4-3-5-7-8/h3-7,9H,2,12H2,1H3. The number of hydrogen-bond acceptors (Lipinski definition) is 4. The van der Waals surface area contributed by atoms with Crippen molar-refractivity contribution < 1.29 is 12.6 Å². The molecule has 1 aromatic rings. The lowest BCUT2D eigenvalue weighted by Gasteiger charge is -2.04. The molecule has 2 rings (SSSR count). The summed E-state index contributed by atoms with van der Waals surface area (Å²) >= 11 is 0. The molecule has 0 saturated carbocycles. The normalized spacial score (nSPS) is 23.7. The van der Waals surface area contributed by atoms with E-state index in [2.05, 4.69) is 0 Å². The van der Waals surface area contributed by atoms with Crippen molar-refractivity contribution in [3.8, 4) is 0 Å². The van der Waals surface area contributed by atoms with Gasteiger partial charge in [-0.3, -0.25) is 4.18 Å². The fraction of sp³-hybridized carbons (Fsp3) is 0.273. The van der Waals surface area contributed by atoms with Crippen LogP contribution >= 0.6 is 0 Å². The zero-order valence-corrected chi connectivity index (χ0v) is 9.70. The summed E-state index contributed by atoms with van der Waals surface area (Å²) in [4.78, 5) is 0.111. The summed E-state index contributed by atoms with van der Waals surface area (Å²) in [6, 6.07) is 8.77. The second kappa shape index (κ2) is 3.92. The van der Waals surface area contributed by atoms with Gasteiger partial charge in [0.15, 0.2) is 0 Å². The Bertz CT molecular complexity index is 519. The summed E-state index contributed by atoms with van der Waals surface area (Å²) in [7, 11) is -3.70. The summed E-state index contributed by atoms with van der Waals surface area (Å²) in [5.41, 5.74) is 6.70. The van der Waals surface area contributed by atoms with Gasteiger partial charge in [-0.1, -0.05) is 37.3 Å². The van der Waals surface area contributed by atoms with Crippen LogP contribution in [-0.2, 0) is 14.3 Å². The van der Waals surface area contributed by atoms with Crippen molar-refractivity contribution >= 4 is 15.0 Å². The van der Waals surface area contributed by atoms with E-state index in [9.17, 15) is 8.42 Å². The monoisotopic (exact) mass is 239 g/mol. The minimum absolute atomic E-state index is 0.111. The van der Waals surface area contributed by atoms with Crippen LogP contribution in [0.5, 0.6) is 0 Å². The highest BCUT2D eigenvalue weighted by molar-refractivity contribution is 7.96. The minimum Gasteiger partial charge on any atom is -0.399 e. The molecule has 1 unspecified atom stereocenters. The molecule has 1 aliphatic rings. The highest BCUT2D eigenvalue weighted by atomic mass is 32.2. The van der Waals surface area contributed by atoms with Gasteiger partial charge in [-0.15, -0.1) is 0 Å². The Labute approximate surface area is 94.8 Å². The third-order valence-electron chi connectivity index (χ3n) is 2.51. The molecule has 0 aliphatic carbocycles. The maximum Gasteiger partial charge on any atom is 0.300 e. The second-order valence-electron chi connectivity index (χ2n) is 3.60. The molecule has 0 bridgehead atoms. The van der Waals surface area contributed by atoms with E-state index < -0.39 is 16.2 Å². The van der Waals surface area contributed by atoms with E-state index in [1.807, 2.05) is 13.0 Å². The summed E-state index contributed by atoms with van der Waals surface area (Å²) in [5, 5.41) is 0. The lowest BCUT2D eigenvalue weighted by molar-refractivity contribution is 0.254. The van der Waals surface area contributed by atoms with Crippen LogP contribution in [0.3, 0.4) is 0 Å². The summed E-state index contributed by atoms with van der Waals surface area (Å²) in [5.74, 6) is 0. The molecule has 0 fully saturated rings. The van der Waals surface area contributed by atoms with Crippen LogP contribution in [0, 0.1) is 0 Å². The Morgan fingerprint density at radius 1 is 1.31 bits per heavy atom. The molecule has 4 nitrogen and oxygen atoms in total. The van der Waals surface area contributed by atoms with Crippen molar-refractivity contribution in [1.82, 2.24) is 0 Å². The zero-order valence-electron chi connectivity index (χ0n) is 8.88. The number of nitrogens with two attached hydrogens (primary N) is 1. The molecular formula is C11H13NO3S. The van der Waals surface area contributed by atoms with Crippen molar-refractivity contribution in [2.45, 2.75) is 19.4 Å². The zero-order chi connectivity index (χ0) is 11.8. The maximum atomic E-state index is 11.8. The highest BCUT2D eigenvalue weighted by Gasteiger charge is 2.36. The molecule has 0 amide bonds. The SMILES string of the molecule is CCC1OS(=O)(=O)C(c2ccccc2)=C1N. The van der Waals surface area contributed by atoms with Gasteiger partial charge in [0.1, 0.15) is 11.0 Å². The first kappa shape index (κ1) is 11.2. The van der Waals surface area contributed by atoms with E-state index in [1.165, 1.54) is 0 Å². The van der Waals surface area contributed by atoms with Crippen LogP contribution < -0.4 is 5.73 Å². The summed E-state index contributed by atoms with van der Waals surface area (Å²) in [6.45, 7) is 1.83. The third kappa shape index (κ3) is 1.72. The van der Waals surface area contributed by atoms with Gasteiger partial charge in [-0.2, -0.15) is 8.42 Å². The lowest BCUT2D eigenvalue weighted by atomic mass is 10.1. The fourth-order valence-electron chi connectivity index (χ4n) is 1.73. The Morgan fingerprint density at radius 3 is 2.44 bits per heavy atom. The van der Waals surface area contributed by atoms with Crippen LogP contribution in [0.25, 0.3) is 4.91 Å². The summed E-state index contributed by atoms with van der Waals surface area (Å²) in [6.07, 6.45) is 0.0155. The van der Waals surface area contributed by atoms with Crippen molar-refractivity contribution in [2.24, 2.45) is 5.73 Å². The average Bonchev–Trinajstić information content (AvgIpc) is 2.50. The maximum absolute atomic E-state index is 11.8. The lowest BCUT2D eigenvalue weighted by Crippen LogP contribution is -2.15. The first-order chi connectivity index (χ1) is 7.56. The number of rotatable bonds is 2. The van der Waals surface area contributed by atoms with Gasteiger partial charge in [0, 0.05) is 0 Å². The quantitative estimate of drug-likeness (QED) is 0.793. The highest BCUT2D eigenvalue weighted by Crippen LogP contribution is 2.34. The van der Waals surface area contributed by atoms with Crippen LogP contribution in [0.15, 0.2) is 36.0 Å². The van der Waals surface area contributed by atoms with E-state index in [-0.39, 0.29) is 4.91 Å². The predicted octanol–water partition coefficient (Wildman–Crippen LogP) is 1.45. The molecule has 0 aromatic heterocycles. The van der Waals surface area contributed by atoms with Crippen molar-refractivity contribution in [3.05, 3.63) is 41.6 Å². The summed E-state index contributed by atoms with van der Waals surface area (Å²) < 4.78 is 28.5. The van der Waals surface area contributed by atoms with E-state index in [0.29, 0.717) is 17.7 Å². The third-order valence-corrected chi connectivity index (χ3v) is 3.97. The van der Waals surface area contributed by atoms with Crippen molar-refractivity contribution in [2.75, 3.05) is 0 Å². The number of hydrogen-bond donors (Lipinski definition) is 1. The molecule has 86 valence electrons. The predicted molar refractivity (Wildman–Crippen MR) is 61.6 cm³/mol. The molecule has 0 radical (unpaired) electrons. The first-order valence-corrected chi connectivity index (χ1v) is 6.45. The topological polar surface area (TPSA) is 69.4 Å². The largest absolute Gasteiger partial charge is 0.399 e. The Hall–Kier alpha value is -1.33.